The Morgan fingerprint density at radius 3 is 1.45 bits per heavy atom. The Labute approximate surface area is 192 Å². The lowest BCUT2D eigenvalue weighted by molar-refractivity contribution is 0.669. The zero-order valence-corrected chi connectivity index (χ0v) is 17.9. The molecule has 0 aliphatic heterocycles. The summed E-state index contributed by atoms with van der Waals surface area (Å²) in [6.07, 6.45) is 0. The van der Waals surface area contributed by atoms with Crippen LogP contribution in [-0.2, 0) is 0 Å². The summed E-state index contributed by atoms with van der Waals surface area (Å²) >= 11 is 6.39. The Morgan fingerprint density at radius 2 is 0.939 bits per heavy atom. The Kier molecular flexibility index (Phi) is 3.83. The van der Waals surface area contributed by atoms with Crippen molar-refractivity contribution in [3.05, 3.63) is 90.2 Å². The Balaban J connectivity index is 1.48. The molecule has 0 spiro atoms. The van der Waals surface area contributed by atoms with Crippen molar-refractivity contribution in [2.45, 2.75) is 0 Å². The van der Waals surface area contributed by atoms with E-state index in [1.54, 1.807) is 0 Å². The first kappa shape index (κ1) is 18.4. The van der Waals surface area contributed by atoms with Crippen LogP contribution in [0.5, 0.6) is 0 Å². The number of para-hydroxylation sites is 4. The monoisotopic (exact) mass is 447 g/mol. The lowest BCUT2D eigenvalue weighted by atomic mass is 10.1. The molecule has 0 unspecified atom stereocenters. The molecule has 5 nitrogen and oxygen atoms in total. The van der Waals surface area contributed by atoms with Gasteiger partial charge in [0.1, 0.15) is 22.3 Å². The first-order chi connectivity index (χ1) is 16.3. The summed E-state index contributed by atoms with van der Waals surface area (Å²) in [6, 6.07) is 27.8. The van der Waals surface area contributed by atoms with Crippen molar-refractivity contribution >= 4 is 55.5 Å². The molecule has 4 aromatic carbocycles. The molecule has 0 atom stereocenters. The van der Waals surface area contributed by atoms with Crippen LogP contribution in [0.3, 0.4) is 0 Å². The second kappa shape index (κ2) is 6.89. The largest absolute Gasteiger partial charge is 0.455 e. The van der Waals surface area contributed by atoms with Crippen LogP contribution in [-0.4, -0.2) is 15.0 Å². The van der Waals surface area contributed by atoms with Crippen molar-refractivity contribution in [1.29, 1.82) is 0 Å². The van der Waals surface area contributed by atoms with Crippen LogP contribution < -0.4 is 0 Å². The highest BCUT2D eigenvalue weighted by Crippen LogP contribution is 2.37. The standard InChI is InChI=1S/C27H14ClN3O2/c28-27-30-25(19-11-5-9-17-15-7-1-3-13-21(15)32-23(17)19)29-26(31-27)20-12-6-10-18-16-8-2-4-14-22(16)33-24(18)20/h1-14H. The Bertz CT molecular complexity index is 1720. The predicted octanol–water partition coefficient (Wildman–Crippen LogP) is 7.66. The van der Waals surface area contributed by atoms with Crippen LogP contribution in [0.25, 0.3) is 66.7 Å². The summed E-state index contributed by atoms with van der Waals surface area (Å²) in [4.78, 5) is 13.6. The molecule has 0 radical (unpaired) electrons. The van der Waals surface area contributed by atoms with Gasteiger partial charge in [-0.25, -0.2) is 4.98 Å². The van der Waals surface area contributed by atoms with Gasteiger partial charge in [0.05, 0.1) is 11.1 Å². The van der Waals surface area contributed by atoms with E-state index < -0.39 is 0 Å². The van der Waals surface area contributed by atoms with Crippen LogP contribution in [0.15, 0.2) is 93.8 Å². The number of hydrogen-bond donors (Lipinski definition) is 0. The van der Waals surface area contributed by atoms with Gasteiger partial charge in [-0.3, -0.25) is 0 Å². The molecule has 0 amide bonds. The van der Waals surface area contributed by atoms with Gasteiger partial charge in [0.25, 0.3) is 0 Å². The highest BCUT2D eigenvalue weighted by atomic mass is 35.5. The van der Waals surface area contributed by atoms with Crippen LogP contribution in [0.1, 0.15) is 0 Å². The summed E-state index contributed by atoms with van der Waals surface area (Å²) in [6.45, 7) is 0. The molecule has 0 aliphatic carbocycles. The quantitative estimate of drug-likeness (QED) is 0.272. The molecule has 3 aromatic heterocycles. The predicted molar refractivity (Wildman–Crippen MR) is 130 cm³/mol. The van der Waals surface area contributed by atoms with Crippen molar-refractivity contribution in [3.63, 3.8) is 0 Å². The van der Waals surface area contributed by atoms with Crippen molar-refractivity contribution < 1.29 is 8.83 Å². The summed E-state index contributed by atoms with van der Waals surface area (Å²) in [5, 5.41) is 4.20. The van der Waals surface area contributed by atoms with Gasteiger partial charge in [0, 0.05) is 21.5 Å². The van der Waals surface area contributed by atoms with E-state index in [-0.39, 0.29) is 5.28 Å². The van der Waals surface area contributed by atoms with E-state index in [0.717, 1.165) is 43.8 Å². The Hall–Kier alpha value is -4.22. The molecule has 7 rings (SSSR count). The maximum absolute atomic E-state index is 6.39. The third-order valence-corrected chi connectivity index (χ3v) is 6.07. The van der Waals surface area contributed by atoms with Gasteiger partial charge in [-0.1, -0.05) is 60.7 Å². The normalized spacial score (nSPS) is 11.8. The van der Waals surface area contributed by atoms with Crippen LogP contribution in [0.2, 0.25) is 5.28 Å². The number of aromatic nitrogens is 3. The first-order valence-corrected chi connectivity index (χ1v) is 10.9. The number of fused-ring (bicyclic) bond motifs is 6. The number of furan rings is 2. The maximum Gasteiger partial charge on any atom is 0.226 e. The molecule has 3 heterocycles. The average molecular weight is 448 g/mol. The van der Waals surface area contributed by atoms with Crippen molar-refractivity contribution in [2.75, 3.05) is 0 Å². The smallest absolute Gasteiger partial charge is 0.226 e. The van der Waals surface area contributed by atoms with Crippen LogP contribution >= 0.6 is 11.6 Å². The van der Waals surface area contributed by atoms with E-state index >= 15 is 0 Å². The molecule has 0 saturated carbocycles. The third-order valence-electron chi connectivity index (χ3n) is 5.90. The molecule has 0 N–H and O–H groups in total. The number of nitrogens with zero attached hydrogens (tertiary/aromatic N) is 3. The topological polar surface area (TPSA) is 65.0 Å². The van der Waals surface area contributed by atoms with Crippen molar-refractivity contribution in [1.82, 2.24) is 15.0 Å². The van der Waals surface area contributed by atoms with Crippen molar-refractivity contribution in [2.24, 2.45) is 0 Å². The second-order valence-electron chi connectivity index (χ2n) is 7.81. The molecule has 0 fully saturated rings. The summed E-state index contributed by atoms with van der Waals surface area (Å²) in [7, 11) is 0. The van der Waals surface area contributed by atoms with Crippen LogP contribution in [0.4, 0.5) is 0 Å². The third kappa shape index (κ3) is 2.76. The lowest BCUT2D eigenvalue weighted by Gasteiger charge is -2.06. The van der Waals surface area contributed by atoms with E-state index in [4.69, 9.17) is 25.4 Å². The fourth-order valence-electron chi connectivity index (χ4n) is 4.44. The van der Waals surface area contributed by atoms with Gasteiger partial charge in [0.15, 0.2) is 11.6 Å². The molecular formula is C27H14ClN3O2. The molecule has 0 saturated heterocycles. The number of rotatable bonds is 2. The molecule has 6 heteroatoms. The van der Waals surface area contributed by atoms with E-state index in [2.05, 4.69) is 9.97 Å². The molecule has 0 bridgehead atoms. The van der Waals surface area contributed by atoms with Crippen LogP contribution in [0, 0.1) is 0 Å². The molecule has 7 aromatic rings. The van der Waals surface area contributed by atoms with Gasteiger partial charge in [0.2, 0.25) is 5.28 Å². The SMILES string of the molecule is Clc1nc(-c2cccc3c2oc2ccccc23)nc(-c2cccc3c2oc2ccccc23)n1. The lowest BCUT2D eigenvalue weighted by Crippen LogP contribution is -1.97. The van der Waals surface area contributed by atoms with Gasteiger partial charge < -0.3 is 8.83 Å². The first-order valence-electron chi connectivity index (χ1n) is 10.5. The molecule has 33 heavy (non-hydrogen) atoms. The summed E-state index contributed by atoms with van der Waals surface area (Å²) < 4.78 is 12.3. The van der Waals surface area contributed by atoms with E-state index in [0.29, 0.717) is 22.8 Å². The zero-order chi connectivity index (χ0) is 21.9. The summed E-state index contributed by atoms with van der Waals surface area (Å²) in [5.74, 6) is 0.894. The maximum atomic E-state index is 6.39. The Morgan fingerprint density at radius 1 is 0.485 bits per heavy atom. The molecular weight excluding hydrogens is 434 g/mol. The molecule has 0 aliphatic rings. The van der Waals surface area contributed by atoms with Gasteiger partial charge in [-0.2, -0.15) is 9.97 Å². The van der Waals surface area contributed by atoms with E-state index in [1.807, 2.05) is 84.9 Å². The number of halogens is 1. The molecule has 156 valence electrons. The van der Waals surface area contributed by atoms with E-state index in [1.165, 1.54) is 0 Å². The second-order valence-corrected chi connectivity index (χ2v) is 8.15. The number of benzene rings is 4. The number of hydrogen-bond acceptors (Lipinski definition) is 5. The minimum absolute atomic E-state index is 0.108. The fraction of sp³-hybridized carbons (Fsp3) is 0. The average Bonchev–Trinajstić information content (AvgIpc) is 3.42. The highest BCUT2D eigenvalue weighted by Gasteiger charge is 2.18. The van der Waals surface area contributed by atoms with Gasteiger partial charge in [-0.15, -0.1) is 0 Å². The minimum atomic E-state index is 0.108. The van der Waals surface area contributed by atoms with Crippen molar-refractivity contribution in [3.8, 4) is 22.8 Å². The highest BCUT2D eigenvalue weighted by molar-refractivity contribution is 6.28. The summed E-state index contributed by atoms with van der Waals surface area (Å²) in [5.41, 5.74) is 4.57. The van der Waals surface area contributed by atoms with Gasteiger partial charge >= 0.3 is 0 Å². The minimum Gasteiger partial charge on any atom is -0.455 e. The van der Waals surface area contributed by atoms with Gasteiger partial charge in [-0.05, 0) is 35.9 Å². The zero-order valence-electron chi connectivity index (χ0n) is 17.1. The fourth-order valence-corrected chi connectivity index (χ4v) is 4.60. The van der Waals surface area contributed by atoms with E-state index in [9.17, 15) is 0 Å².